The van der Waals surface area contributed by atoms with E-state index in [0.29, 0.717) is 0 Å². The van der Waals surface area contributed by atoms with Gasteiger partial charge >= 0.3 is 0 Å². The van der Waals surface area contributed by atoms with Crippen molar-refractivity contribution in [1.82, 2.24) is 0 Å². The first-order valence-corrected chi connectivity index (χ1v) is 6.09. The Kier molecular flexibility index (Phi) is 3.79. The van der Waals surface area contributed by atoms with Gasteiger partial charge in [0.25, 0.3) is 11.6 Å². The summed E-state index contributed by atoms with van der Waals surface area (Å²) < 4.78 is 0. The summed E-state index contributed by atoms with van der Waals surface area (Å²) in [5.74, 6) is -0.397. The number of rotatable bonds is 3. The molecule has 5 heteroatoms. The monoisotopic (exact) mass is 270 g/mol. The molecule has 0 heterocycles. The zero-order chi connectivity index (χ0) is 14.7. The molecule has 102 valence electrons. The molecule has 0 saturated heterocycles. The molecule has 2 rings (SSSR count). The minimum Gasteiger partial charge on any atom is -0.311 e. The summed E-state index contributed by atoms with van der Waals surface area (Å²) in [6.45, 7) is 1.89. The highest BCUT2D eigenvalue weighted by atomic mass is 16.6. The summed E-state index contributed by atoms with van der Waals surface area (Å²) in [6.07, 6.45) is 0. The molecule has 2 aromatic rings. The van der Waals surface area contributed by atoms with E-state index in [1.807, 2.05) is 31.2 Å². The Bertz CT molecular complexity index is 668. The van der Waals surface area contributed by atoms with Gasteiger partial charge in [-0.05, 0) is 24.6 Å². The van der Waals surface area contributed by atoms with Crippen LogP contribution in [0, 0.1) is 17.0 Å². The molecular weight excluding hydrogens is 256 g/mol. The van der Waals surface area contributed by atoms with Gasteiger partial charge in [0, 0.05) is 18.8 Å². The van der Waals surface area contributed by atoms with E-state index in [0.717, 1.165) is 11.3 Å². The largest absolute Gasteiger partial charge is 0.311 e. The number of nitro groups is 1. The van der Waals surface area contributed by atoms with Crippen LogP contribution in [0.4, 0.5) is 11.4 Å². The van der Waals surface area contributed by atoms with Crippen molar-refractivity contribution in [2.45, 2.75) is 6.92 Å². The van der Waals surface area contributed by atoms with Gasteiger partial charge in [-0.3, -0.25) is 14.9 Å². The van der Waals surface area contributed by atoms with Gasteiger partial charge in [0.1, 0.15) is 5.56 Å². The fourth-order valence-corrected chi connectivity index (χ4v) is 2.04. The molecule has 0 unspecified atom stereocenters. The zero-order valence-electron chi connectivity index (χ0n) is 11.2. The molecule has 5 nitrogen and oxygen atoms in total. The second-order valence-electron chi connectivity index (χ2n) is 4.42. The lowest BCUT2D eigenvalue weighted by Crippen LogP contribution is -2.27. The molecule has 0 spiro atoms. The maximum Gasteiger partial charge on any atom is 0.282 e. The number of nitrogens with zero attached hydrogens (tertiary/aromatic N) is 2. The van der Waals surface area contributed by atoms with Crippen molar-refractivity contribution < 1.29 is 9.72 Å². The van der Waals surface area contributed by atoms with Crippen LogP contribution in [0.25, 0.3) is 0 Å². The minimum absolute atomic E-state index is 0.0863. The van der Waals surface area contributed by atoms with E-state index in [4.69, 9.17) is 0 Å². The maximum atomic E-state index is 12.4. The van der Waals surface area contributed by atoms with E-state index in [1.165, 1.54) is 17.0 Å². The Labute approximate surface area is 116 Å². The van der Waals surface area contributed by atoms with Crippen LogP contribution < -0.4 is 4.90 Å². The van der Waals surface area contributed by atoms with Crippen molar-refractivity contribution in [3.8, 4) is 0 Å². The average Bonchev–Trinajstić information content (AvgIpc) is 2.46. The molecule has 0 N–H and O–H groups in total. The van der Waals surface area contributed by atoms with Gasteiger partial charge in [0.05, 0.1) is 4.92 Å². The fourth-order valence-electron chi connectivity index (χ4n) is 2.04. The van der Waals surface area contributed by atoms with Crippen LogP contribution in [-0.2, 0) is 0 Å². The van der Waals surface area contributed by atoms with Crippen LogP contribution >= 0.6 is 0 Å². The molecule has 0 radical (unpaired) electrons. The van der Waals surface area contributed by atoms with Crippen LogP contribution in [0.5, 0.6) is 0 Å². The van der Waals surface area contributed by atoms with E-state index < -0.39 is 10.8 Å². The second kappa shape index (κ2) is 5.52. The standard InChI is InChI=1S/C15H14N2O3/c1-11-7-3-5-9-13(11)16(2)15(18)12-8-4-6-10-14(12)17(19)20/h3-10H,1-2H3. The number of aryl methyl sites for hydroxylation is 1. The lowest BCUT2D eigenvalue weighted by molar-refractivity contribution is -0.385. The third-order valence-corrected chi connectivity index (χ3v) is 3.11. The van der Waals surface area contributed by atoms with Gasteiger partial charge in [0.2, 0.25) is 0 Å². The molecule has 0 aliphatic rings. The summed E-state index contributed by atoms with van der Waals surface area (Å²) in [5, 5.41) is 11.0. The third kappa shape index (κ3) is 2.51. The third-order valence-electron chi connectivity index (χ3n) is 3.11. The Morgan fingerprint density at radius 2 is 1.70 bits per heavy atom. The normalized spacial score (nSPS) is 10.1. The predicted molar refractivity (Wildman–Crippen MR) is 77.0 cm³/mol. The van der Waals surface area contributed by atoms with Crippen LogP contribution in [0.15, 0.2) is 48.5 Å². The molecule has 0 fully saturated rings. The number of hydrogen-bond acceptors (Lipinski definition) is 3. The van der Waals surface area contributed by atoms with Gasteiger partial charge in [-0.2, -0.15) is 0 Å². The van der Waals surface area contributed by atoms with E-state index in [1.54, 1.807) is 19.2 Å². The number of hydrogen-bond donors (Lipinski definition) is 0. The van der Waals surface area contributed by atoms with Crippen molar-refractivity contribution in [3.63, 3.8) is 0 Å². The van der Waals surface area contributed by atoms with E-state index in [2.05, 4.69) is 0 Å². The van der Waals surface area contributed by atoms with Gasteiger partial charge in [0.15, 0.2) is 0 Å². The Morgan fingerprint density at radius 1 is 1.10 bits per heavy atom. The van der Waals surface area contributed by atoms with Crippen LogP contribution in [-0.4, -0.2) is 17.9 Å². The number of para-hydroxylation sites is 2. The SMILES string of the molecule is Cc1ccccc1N(C)C(=O)c1ccccc1[N+](=O)[O-]. The molecule has 20 heavy (non-hydrogen) atoms. The predicted octanol–water partition coefficient (Wildman–Crippen LogP) is 3.18. The molecule has 0 aromatic heterocycles. The average molecular weight is 270 g/mol. The summed E-state index contributed by atoms with van der Waals surface area (Å²) >= 11 is 0. The smallest absolute Gasteiger partial charge is 0.282 e. The Hall–Kier alpha value is -2.69. The maximum absolute atomic E-state index is 12.4. The molecule has 0 saturated carbocycles. The highest BCUT2D eigenvalue weighted by molar-refractivity contribution is 6.08. The summed E-state index contributed by atoms with van der Waals surface area (Å²) in [6, 6.07) is 13.4. The quantitative estimate of drug-likeness (QED) is 0.635. The Balaban J connectivity index is 2.42. The van der Waals surface area contributed by atoms with Crippen molar-refractivity contribution in [2.24, 2.45) is 0 Å². The van der Waals surface area contributed by atoms with Gasteiger partial charge in [-0.25, -0.2) is 0 Å². The van der Waals surface area contributed by atoms with Gasteiger partial charge < -0.3 is 4.90 Å². The fraction of sp³-hybridized carbons (Fsp3) is 0.133. The second-order valence-corrected chi connectivity index (χ2v) is 4.42. The minimum atomic E-state index is -0.543. The summed E-state index contributed by atoms with van der Waals surface area (Å²) in [4.78, 5) is 24.3. The van der Waals surface area contributed by atoms with Crippen LogP contribution in [0.2, 0.25) is 0 Å². The summed E-state index contributed by atoms with van der Waals surface area (Å²) in [5.41, 5.74) is 1.57. The first-order chi connectivity index (χ1) is 9.52. The van der Waals surface area contributed by atoms with Gasteiger partial charge in [-0.15, -0.1) is 0 Å². The zero-order valence-corrected chi connectivity index (χ0v) is 11.2. The van der Waals surface area contributed by atoms with E-state index in [-0.39, 0.29) is 11.3 Å². The summed E-state index contributed by atoms with van der Waals surface area (Å²) in [7, 11) is 1.61. The van der Waals surface area contributed by atoms with Crippen LogP contribution in [0.1, 0.15) is 15.9 Å². The number of benzene rings is 2. The lowest BCUT2D eigenvalue weighted by atomic mass is 10.1. The topological polar surface area (TPSA) is 63.5 Å². The van der Waals surface area contributed by atoms with E-state index in [9.17, 15) is 14.9 Å². The molecule has 2 aromatic carbocycles. The Morgan fingerprint density at radius 3 is 2.35 bits per heavy atom. The van der Waals surface area contributed by atoms with Crippen molar-refractivity contribution in [2.75, 3.05) is 11.9 Å². The first-order valence-electron chi connectivity index (χ1n) is 6.09. The molecule has 0 atom stereocenters. The molecule has 0 bridgehead atoms. The van der Waals surface area contributed by atoms with Gasteiger partial charge in [-0.1, -0.05) is 30.3 Å². The molecule has 1 amide bonds. The number of amides is 1. The van der Waals surface area contributed by atoms with Crippen molar-refractivity contribution in [1.29, 1.82) is 0 Å². The highest BCUT2D eigenvalue weighted by Crippen LogP contribution is 2.24. The molecule has 0 aliphatic carbocycles. The van der Waals surface area contributed by atoms with Crippen molar-refractivity contribution in [3.05, 3.63) is 69.8 Å². The number of carbonyl (C=O) groups is 1. The van der Waals surface area contributed by atoms with Crippen LogP contribution in [0.3, 0.4) is 0 Å². The van der Waals surface area contributed by atoms with E-state index >= 15 is 0 Å². The lowest BCUT2D eigenvalue weighted by Gasteiger charge is -2.19. The molecule has 0 aliphatic heterocycles. The number of anilines is 1. The molecular formula is C15H14N2O3. The van der Waals surface area contributed by atoms with Crippen molar-refractivity contribution >= 4 is 17.3 Å². The number of carbonyl (C=O) groups excluding carboxylic acids is 1. The number of nitro benzene ring substituents is 1. The highest BCUT2D eigenvalue weighted by Gasteiger charge is 2.23. The first kappa shape index (κ1) is 13.7.